The number of rotatable bonds is 5. The highest BCUT2D eigenvalue weighted by atomic mass is 16.5. The molecule has 0 spiro atoms. The van der Waals surface area contributed by atoms with E-state index in [0.717, 1.165) is 18.8 Å². The van der Waals surface area contributed by atoms with Crippen molar-refractivity contribution in [2.45, 2.75) is 12.5 Å². The Morgan fingerprint density at radius 2 is 2.38 bits per heavy atom. The fourth-order valence-electron chi connectivity index (χ4n) is 2.00. The SMILES string of the molecule is NCC(NCCO)c1ccc2c(c1)CCO2. The lowest BCUT2D eigenvalue weighted by Gasteiger charge is -2.17. The van der Waals surface area contributed by atoms with Crippen molar-refractivity contribution in [2.75, 3.05) is 26.3 Å². The molecule has 0 saturated heterocycles. The number of nitrogens with one attached hydrogen (secondary N) is 1. The number of aliphatic hydroxyl groups excluding tert-OH is 1. The summed E-state index contributed by atoms with van der Waals surface area (Å²) in [7, 11) is 0. The third kappa shape index (κ3) is 2.35. The number of ether oxygens (including phenoxy) is 1. The zero-order valence-corrected chi connectivity index (χ0v) is 9.28. The van der Waals surface area contributed by atoms with Crippen LogP contribution >= 0.6 is 0 Å². The summed E-state index contributed by atoms with van der Waals surface area (Å²) in [6.45, 7) is 2.00. The first-order chi connectivity index (χ1) is 7.85. The van der Waals surface area contributed by atoms with Gasteiger partial charge in [-0.25, -0.2) is 0 Å². The summed E-state index contributed by atoms with van der Waals surface area (Å²) < 4.78 is 5.46. The Hall–Kier alpha value is -1.10. The molecule has 1 unspecified atom stereocenters. The first kappa shape index (κ1) is 11.4. The van der Waals surface area contributed by atoms with Gasteiger partial charge in [-0.05, 0) is 17.2 Å². The summed E-state index contributed by atoms with van der Waals surface area (Å²) in [6, 6.07) is 6.29. The topological polar surface area (TPSA) is 67.5 Å². The Morgan fingerprint density at radius 1 is 1.50 bits per heavy atom. The van der Waals surface area contributed by atoms with E-state index in [1.54, 1.807) is 0 Å². The van der Waals surface area contributed by atoms with Gasteiger partial charge in [-0.15, -0.1) is 0 Å². The summed E-state index contributed by atoms with van der Waals surface area (Å²) in [4.78, 5) is 0. The second kappa shape index (κ2) is 5.30. The third-order valence-electron chi connectivity index (χ3n) is 2.85. The minimum Gasteiger partial charge on any atom is -0.493 e. The summed E-state index contributed by atoms with van der Waals surface area (Å²) in [5.41, 5.74) is 8.13. The lowest BCUT2D eigenvalue weighted by atomic mass is 10.0. The van der Waals surface area contributed by atoms with Crippen molar-refractivity contribution in [1.82, 2.24) is 5.32 Å². The van der Waals surface area contributed by atoms with Crippen LogP contribution in [-0.4, -0.2) is 31.4 Å². The van der Waals surface area contributed by atoms with Gasteiger partial charge in [0, 0.05) is 25.6 Å². The molecule has 0 amide bonds. The maximum absolute atomic E-state index is 8.79. The van der Waals surface area contributed by atoms with E-state index in [9.17, 15) is 0 Å². The van der Waals surface area contributed by atoms with Crippen molar-refractivity contribution in [2.24, 2.45) is 5.73 Å². The normalized spacial score (nSPS) is 15.6. The predicted molar refractivity (Wildman–Crippen MR) is 62.5 cm³/mol. The minimum absolute atomic E-state index is 0.109. The standard InChI is InChI=1S/C12H18N2O2/c13-8-11(14-4-5-15)9-1-2-12-10(7-9)3-6-16-12/h1-2,7,11,14-15H,3-6,8,13H2. The van der Waals surface area contributed by atoms with Crippen LogP contribution in [0.3, 0.4) is 0 Å². The highest BCUT2D eigenvalue weighted by Gasteiger charge is 2.15. The van der Waals surface area contributed by atoms with Gasteiger partial charge >= 0.3 is 0 Å². The van der Waals surface area contributed by atoms with Crippen LogP contribution in [0.5, 0.6) is 5.75 Å². The average Bonchev–Trinajstić information content (AvgIpc) is 2.77. The Labute approximate surface area is 95.4 Å². The lowest BCUT2D eigenvalue weighted by Crippen LogP contribution is -2.30. The van der Waals surface area contributed by atoms with E-state index in [-0.39, 0.29) is 12.6 Å². The van der Waals surface area contributed by atoms with Crippen LogP contribution < -0.4 is 15.8 Å². The molecule has 0 fully saturated rings. The minimum atomic E-state index is 0.109. The zero-order valence-electron chi connectivity index (χ0n) is 9.28. The van der Waals surface area contributed by atoms with Crippen molar-refractivity contribution >= 4 is 0 Å². The molecule has 2 rings (SSSR count). The number of fused-ring (bicyclic) bond motifs is 1. The second-order valence-corrected chi connectivity index (χ2v) is 3.93. The fraction of sp³-hybridized carbons (Fsp3) is 0.500. The van der Waals surface area contributed by atoms with Gasteiger partial charge in [0.15, 0.2) is 0 Å². The van der Waals surface area contributed by atoms with E-state index in [1.165, 1.54) is 11.1 Å². The molecule has 0 saturated carbocycles. The molecule has 0 radical (unpaired) electrons. The molecular weight excluding hydrogens is 204 g/mol. The molecule has 0 aromatic heterocycles. The molecule has 16 heavy (non-hydrogen) atoms. The van der Waals surface area contributed by atoms with Crippen LogP contribution in [0.15, 0.2) is 18.2 Å². The molecule has 4 N–H and O–H groups in total. The van der Waals surface area contributed by atoms with Crippen molar-refractivity contribution in [1.29, 1.82) is 0 Å². The Kier molecular flexibility index (Phi) is 3.77. The Balaban J connectivity index is 2.12. The third-order valence-corrected chi connectivity index (χ3v) is 2.85. The summed E-state index contributed by atoms with van der Waals surface area (Å²) >= 11 is 0. The molecule has 4 nitrogen and oxygen atoms in total. The van der Waals surface area contributed by atoms with Crippen molar-refractivity contribution < 1.29 is 9.84 Å². The van der Waals surface area contributed by atoms with Gasteiger partial charge in [0.1, 0.15) is 5.75 Å². The van der Waals surface area contributed by atoms with Crippen molar-refractivity contribution in [3.63, 3.8) is 0 Å². The molecule has 1 atom stereocenters. The summed E-state index contributed by atoms with van der Waals surface area (Å²) in [5.74, 6) is 0.988. The van der Waals surface area contributed by atoms with E-state index < -0.39 is 0 Å². The molecule has 4 heteroatoms. The van der Waals surface area contributed by atoms with Gasteiger partial charge in [0.05, 0.1) is 13.2 Å². The van der Waals surface area contributed by atoms with Gasteiger partial charge in [-0.1, -0.05) is 12.1 Å². The van der Waals surface area contributed by atoms with Crippen LogP contribution in [-0.2, 0) is 6.42 Å². The number of benzene rings is 1. The number of hydrogen-bond donors (Lipinski definition) is 3. The molecule has 1 aliphatic heterocycles. The van der Waals surface area contributed by atoms with Crippen molar-refractivity contribution in [3.05, 3.63) is 29.3 Å². The number of aliphatic hydroxyl groups is 1. The molecular formula is C12H18N2O2. The molecule has 0 aliphatic carbocycles. The van der Waals surface area contributed by atoms with Crippen LogP contribution in [0, 0.1) is 0 Å². The van der Waals surface area contributed by atoms with Gasteiger partial charge in [-0.3, -0.25) is 0 Å². The second-order valence-electron chi connectivity index (χ2n) is 3.93. The highest BCUT2D eigenvalue weighted by molar-refractivity contribution is 5.40. The molecule has 88 valence electrons. The first-order valence-electron chi connectivity index (χ1n) is 5.65. The monoisotopic (exact) mass is 222 g/mol. The molecule has 1 heterocycles. The van der Waals surface area contributed by atoms with E-state index in [1.807, 2.05) is 12.1 Å². The van der Waals surface area contributed by atoms with Gasteiger partial charge in [-0.2, -0.15) is 0 Å². The maximum Gasteiger partial charge on any atom is 0.122 e. The Bertz CT molecular complexity index is 355. The van der Waals surface area contributed by atoms with Crippen molar-refractivity contribution in [3.8, 4) is 5.75 Å². The molecule has 1 aromatic carbocycles. The highest BCUT2D eigenvalue weighted by Crippen LogP contribution is 2.27. The van der Waals surface area contributed by atoms with Gasteiger partial charge in [0.2, 0.25) is 0 Å². The number of hydrogen-bond acceptors (Lipinski definition) is 4. The molecule has 0 bridgehead atoms. The predicted octanol–water partition coefficient (Wildman–Crippen LogP) is 0.203. The summed E-state index contributed by atoms with van der Waals surface area (Å²) in [6.07, 6.45) is 0.973. The summed E-state index contributed by atoms with van der Waals surface area (Å²) in [5, 5.41) is 12.0. The van der Waals surface area contributed by atoms with Crippen LogP contribution in [0.1, 0.15) is 17.2 Å². The molecule has 1 aliphatic rings. The number of nitrogens with two attached hydrogens (primary N) is 1. The van der Waals surface area contributed by atoms with Gasteiger partial charge < -0.3 is 20.9 Å². The largest absolute Gasteiger partial charge is 0.493 e. The quantitative estimate of drug-likeness (QED) is 0.666. The van der Waals surface area contributed by atoms with Gasteiger partial charge in [0.25, 0.3) is 0 Å². The van der Waals surface area contributed by atoms with E-state index >= 15 is 0 Å². The molecule has 1 aromatic rings. The smallest absolute Gasteiger partial charge is 0.122 e. The van der Waals surface area contributed by atoms with Crippen LogP contribution in [0.4, 0.5) is 0 Å². The Morgan fingerprint density at radius 3 is 3.12 bits per heavy atom. The zero-order chi connectivity index (χ0) is 11.4. The van der Waals surface area contributed by atoms with E-state index in [0.29, 0.717) is 13.1 Å². The average molecular weight is 222 g/mol. The van der Waals surface area contributed by atoms with E-state index in [4.69, 9.17) is 15.6 Å². The maximum atomic E-state index is 8.79. The van der Waals surface area contributed by atoms with Crippen LogP contribution in [0.25, 0.3) is 0 Å². The van der Waals surface area contributed by atoms with E-state index in [2.05, 4.69) is 11.4 Å². The van der Waals surface area contributed by atoms with Crippen LogP contribution in [0.2, 0.25) is 0 Å². The fourth-order valence-corrected chi connectivity index (χ4v) is 2.00. The lowest BCUT2D eigenvalue weighted by molar-refractivity contribution is 0.285. The first-order valence-corrected chi connectivity index (χ1v) is 5.65.